The van der Waals surface area contributed by atoms with Gasteiger partial charge in [-0.2, -0.15) is 0 Å². The molecule has 33 heavy (non-hydrogen) atoms. The minimum Gasteiger partial charge on any atom is -0.480 e. The number of H-pyrrole nitrogens is 1. The predicted molar refractivity (Wildman–Crippen MR) is 117 cm³/mol. The number of carbonyl (C=O) groups excluding carboxylic acids is 3. The molecule has 0 spiro atoms. The van der Waals surface area contributed by atoms with E-state index in [1.54, 1.807) is 30.3 Å². The molecule has 0 aliphatic rings. The van der Waals surface area contributed by atoms with E-state index < -0.39 is 54.5 Å². The highest BCUT2D eigenvalue weighted by atomic mass is 16.4. The Morgan fingerprint density at radius 1 is 1.03 bits per heavy atom. The van der Waals surface area contributed by atoms with E-state index in [2.05, 4.69) is 25.9 Å². The minimum atomic E-state index is -1.25. The van der Waals surface area contributed by atoms with E-state index in [1.165, 1.54) is 19.4 Å². The van der Waals surface area contributed by atoms with Crippen LogP contribution in [0.4, 0.5) is 0 Å². The van der Waals surface area contributed by atoms with Crippen molar-refractivity contribution in [2.45, 2.75) is 44.0 Å². The number of aromatic nitrogens is 2. The van der Waals surface area contributed by atoms with Crippen LogP contribution in [-0.2, 0) is 32.0 Å². The van der Waals surface area contributed by atoms with Gasteiger partial charge in [0, 0.05) is 24.7 Å². The Kier molecular flexibility index (Phi) is 9.51. The molecule has 1 aromatic heterocycles. The van der Waals surface area contributed by atoms with Crippen LogP contribution in [0.15, 0.2) is 42.9 Å². The smallest absolute Gasteiger partial charge is 0.322 e. The van der Waals surface area contributed by atoms with Crippen LogP contribution >= 0.6 is 0 Å². The second-order valence-electron chi connectivity index (χ2n) is 7.47. The Morgan fingerprint density at radius 2 is 1.67 bits per heavy atom. The molecule has 0 radical (unpaired) electrons. The predicted octanol–water partition coefficient (Wildman–Crippen LogP) is -1.93. The van der Waals surface area contributed by atoms with Gasteiger partial charge in [-0.25, -0.2) is 4.98 Å². The number of nitrogens with one attached hydrogen (secondary N) is 4. The number of carboxylic acids is 1. The first-order valence-electron chi connectivity index (χ1n) is 10.2. The number of carboxylic acid groups (broad SMARTS) is 1. The maximum Gasteiger partial charge on any atom is 0.322 e. The zero-order chi connectivity index (χ0) is 24.4. The van der Waals surface area contributed by atoms with Gasteiger partial charge in [-0.05, 0) is 12.5 Å². The molecule has 12 nitrogen and oxygen atoms in total. The summed E-state index contributed by atoms with van der Waals surface area (Å²) in [7, 11) is 0. The number of aliphatic hydroxyl groups is 1. The molecule has 2 aromatic rings. The van der Waals surface area contributed by atoms with Crippen molar-refractivity contribution in [1.82, 2.24) is 25.9 Å². The zero-order valence-electron chi connectivity index (χ0n) is 18.0. The molecule has 178 valence electrons. The molecule has 0 saturated carbocycles. The number of hydrogen-bond donors (Lipinski definition) is 7. The molecule has 4 atom stereocenters. The number of imidazole rings is 1. The summed E-state index contributed by atoms with van der Waals surface area (Å²) in [6.45, 7) is 0.728. The topological polar surface area (TPSA) is 200 Å². The summed E-state index contributed by atoms with van der Waals surface area (Å²) in [5.74, 6) is -3.37. The van der Waals surface area contributed by atoms with Gasteiger partial charge < -0.3 is 36.9 Å². The Labute approximate surface area is 190 Å². The first kappa shape index (κ1) is 25.5. The van der Waals surface area contributed by atoms with Crippen molar-refractivity contribution < 1.29 is 29.4 Å². The molecule has 8 N–H and O–H groups in total. The molecule has 0 aliphatic carbocycles. The summed E-state index contributed by atoms with van der Waals surface area (Å²) in [4.78, 5) is 55.6. The van der Waals surface area contributed by atoms with E-state index in [0.29, 0.717) is 5.69 Å². The van der Waals surface area contributed by atoms with Crippen molar-refractivity contribution in [2.24, 2.45) is 5.73 Å². The number of aliphatic hydroxyl groups excluding tert-OH is 1. The van der Waals surface area contributed by atoms with E-state index in [0.717, 1.165) is 5.56 Å². The number of amides is 3. The number of benzene rings is 1. The molecule has 12 heteroatoms. The molecule has 0 saturated heterocycles. The molecule has 4 unspecified atom stereocenters. The van der Waals surface area contributed by atoms with Crippen LogP contribution in [0, 0.1) is 0 Å². The largest absolute Gasteiger partial charge is 0.480 e. The van der Waals surface area contributed by atoms with Crippen molar-refractivity contribution >= 4 is 23.7 Å². The number of aliphatic carboxylic acids is 1. The first-order chi connectivity index (χ1) is 15.7. The van der Waals surface area contributed by atoms with Crippen LogP contribution in [0.2, 0.25) is 0 Å². The quantitative estimate of drug-likeness (QED) is 0.190. The molecule has 2 rings (SSSR count). The Morgan fingerprint density at radius 3 is 2.24 bits per heavy atom. The molecular formula is C21H28N6O6. The number of aromatic amines is 1. The number of nitrogens with zero attached hydrogens (tertiary/aromatic N) is 1. The first-order valence-corrected chi connectivity index (χ1v) is 10.2. The second kappa shape index (κ2) is 12.3. The lowest BCUT2D eigenvalue weighted by Gasteiger charge is -2.24. The third-order valence-electron chi connectivity index (χ3n) is 4.76. The fourth-order valence-corrected chi connectivity index (χ4v) is 2.93. The lowest BCUT2D eigenvalue weighted by molar-refractivity contribution is -0.138. The van der Waals surface area contributed by atoms with Gasteiger partial charge in [0.05, 0.1) is 12.4 Å². The summed E-state index contributed by atoms with van der Waals surface area (Å²) >= 11 is 0. The molecule has 0 fully saturated rings. The van der Waals surface area contributed by atoms with Crippen molar-refractivity contribution in [3.63, 3.8) is 0 Å². The molecule has 0 aliphatic heterocycles. The second-order valence-corrected chi connectivity index (χ2v) is 7.47. The van der Waals surface area contributed by atoms with E-state index in [9.17, 15) is 24.3 Å². The summed E-state index contributed by atoms with van der Waals surface area (Å²) < 4.78 is 0. The standard InChI is InChI=1S/C21H28N6O6/c1-12(28)18(22)21(33)27-15(7-13-5-3-2-4-6-13)20(32)26-16(8-14-9-23-11-25-14)19(31)24-10-17(29)30/h2-6,9,11-12,15-16,18,28H,7-8,10,22H2,1H3,(H,23,25)(H,24,31)(H,26,32)(H,27,33)(H,29,30). The maximum absolute atomic E-state index is 13.1. The van der Waals surface area contributed by atoms with Gasteiger partial charge in [0.1, 0.15) is 24.7 Å². The van der Waals surface area contributed by atoms with E-state index in [1.807, 2.05) is 0 Å². The fourth-order valence-electron chi connectivity index (χ4n) is 2.93. The lowest BCUT2D eigenvalue weighted by atomic mass is 10.0. The van der Waals surface area contributed by atoms with E-state index in [4.69, 9.17) is 10.8 Å². The molecule has 1 heterocycles. The molecular weight excluding hydrogens is 432 g/mol. The van der Waals surface area contributed by atoms with Crippen molar-refractivity contribution in [3.05, 3.63) is 54.1 Å². The van der Waals surface area contributed by atoms with Gasteiger partial charge in [0.2, 0.25) is 17.7 Å². The highest BCUT2D eigenvalue weighted by Crippen LogP contribution is 2.06. The van der Waals surface area contributed by atoms with Crippen molar-refractivity contribution in [2.75, 3.05) is 6.54 Å². The Bertz CT molecular complexity index is 934. The minimum absolute atomic E-state index is 0.0103. The number of carbonyl (C=O) groups is 4. The average molecular weight is 460 g/mol. The number of rotatable bonds is 12. The lowest BCUT2D eigenvalue weighted by Crippen LogP contribution is -2.58. The highest BCUT2D eigenvalue weighted by molar-refractivity contribution is 5.94. The van der Waals surface area contributed by atoms with Crippen LogP contribution in [0.25, 0.3) is 0 Å². The normalized spacial score (nSPS) is 14.4. The number of hydrogen-bond acceptors (Lipinski definition) is 7. The SMILES string of the molecule is CC(O)C(N)C(=O)NC(Cc1ccccc1)C(=O)NC(Cc1cnc[nH]1)C(=O)NCC(=O)O. The van der Waals surface area contributed by atoms with Gasteiger partial charge >= 0.3 is 5.97 Å². The fraction of sp³-hybridized carbons (Fsp3) is 0.381. The monoisotopic (exact) mass is 460 g/mol. The maximum atomic E-state index is 13.1. The third kappa shape index (κ3) is 8.35. The van der Waals surface area contributed by atoms with Crippen LogP contribution in [0.5, 0.6) is 0 Å². The van der Waals surface area contributed by atoms with Gasteiger partial charge in [0.15, 0.2) is 0 Å². The van der Waals surface area contributed by atoms with Crippen LogP contribution in [-0.4, -0.2) is 74.6 Å². The summed E-state index contributed by atoms with van der Waals surface area (Å²) in [5.41, 5.74) is 6.96. The summed E-state index contributed by atoms with van der Waals surface area (Å²) in [6.07, 6.45) is 1.84. The Hall–Kier alpha value is -3.77. The third-order valence-corrected chi connectivity index (χ3v) is 4.76. The molecule has 0 bridgehead atoms. The van der Waals surface area contributed by atoms with Crippen LogP contribution in [0.1, 0.15) is 18.2 Å². The van der Waals surface area contributed by atoms with Gasteiger partial charge in [0.25, 0.3) is 0 Å². The van der Waals surface area contributed by atoms with Gasteiger partial charge in [-0.1, -0.05) is 30.3 Å². The average Bonchev–Trinajstić information content (AvgIpc) is 3.29. The zero-order valence-corrected chi connectivity index (χ0v) is 18.0. The Balaban J connectivity index is 2.20. The van der Waals surface area contributed by atoms with Crippen molar-refractivity contribution in [3.8, 4) is 0 Å². The number of nitrogens with two attached hydrogens (primary N) is 1. The van der Waals surface area contributed by atoms with Gasteiger partial charge in [-0.15, -0.1) is 0 Å². The van der Waals surface area contributed by atoms with Gasteiger partial charge in [-0.3, -0.25) is 19.2 Å². The highest BCUT2D eigenvalue weighted by Gasteiger charge is 2.30. The van der Waals surface area contributed by atoms with E-state index >= 15 is 0 Å². The van der Waals surface area contributed by atoms with Crippen molar-refractivity contribution in [1.29, 1.82) is 0 Å². The van der Waals surface area contributed by atoms with Crippen LogP contribution in [0.3, 0.4) is 0 Å². The van der Waals surface area contributed by atoms with Crippen LogP contribution < -0.4 is 21.7 Å². The molecule has 3 amide bonds. The summed E-state index contributed by atoms with van der Waals surface area (Å²) in [6, 6.07) is 5.37. The summed E-state index contributed by atoms with van der Waals surface area (Å²) in [5, 5.41) is 25.8. The molecule has 1 aromatic carbocycles. The van der Waals surface area contributed by atoms with E-state index in [-0.39, 0.29) is 12.8 Å².